The predicted molar refractivity (Wildman–Crippen MR) is 78.1 cm³/mol. The first kappa shape index (κ1) is 14.8. The van der Waals surface area contributed by atoms with E-state index in [9.17, 15) is 4.79 Å². The molecular weight excluding hydrogens is 238 g/mol. The van der Waals surface area contributed by atoms with E-state index in [1.54, 1.807) is 0 Å². The SMILES string of the molecule is CC1CCCC(C)N1CCNC(=O)C1CCCCN1. The van der Waals surface area contributed by atoms with Gasteiger partial charge in [-0.15, -0.1) is 0 Å². The molecule has 0 aromatic heterocycles. The van der Waals surface area contributed by atoms with Gasteiger partial charge in [-0.3, -0.25) is 9.69 Å². The van der Waals surface area contributed by atoms with E-state index in [0.29, 0.717) is 12.1 Å². The third-order valence-electron chi connectivity index (χ3n) is 4.67. The Bertz CT molecular complexity index is 279. The summed E-state index contributed by atoms with van der Waals surface area (Å²) in [5, 5.41) is 6.40. The van der Waals surface area contributed by atoms with Crippen molar-refractivity contribution in [2.75, 3.05) is 19.6 Å². The molecule has 110 valence electrons. The van der Waals surface area contributed by atoms with Crippen molar-refractivity contribution in [3.8, 4) is 0 Å². The fourth-order valence-electron chi connectivity index (χ4n) is 3.42. The summed E-state index contributed by atoms with van der Waals surface area (Å²) >= 11 is 0. The first-order valence-corrected chi connectivity index (χ1v) is 7.95. The number of hydrogen-bond donors (Lipinski definition) is 2. The monoisotopic (exact) mass is 267 g/mol. The molecular formula is C15H29N3O. The lowest BCUT2D eigenvalue weighted by molar-refractivity contribution is -0.123. The minimum Gasteiger partial charge on any atom is -0.353 e. The average Bonchev–Trinajstić information content (AvgIpc) is 2.43. The van der Waals surface area contributed by atoms with Gasteiger partial charge >= 0.3 is 0 Å². The number of nitrogens with one attached hydrogen (secondary N) is 2. The van der Waals surface area contributed by atoms with Gasteiger partial charge < -0.3 is 10.6 Å². The number of nitrogens with zero attached hydrogens (tertiary/aromatic N) is 1. The smallest absolute Gasteiger partial charge is 0.237 e. The van der Waals surface area contributed by atoms with Gasteiger partial charge in [0.25, 0.3) is 0 Å². The van der Waals surface area contributed by atoms with Crippen molar-refractivity contribution in [3.05, 3.63) is 0 Å². The minimum atomic E-state index is 0.0463. The van der Waals surface area contributed by atoms with E-state index in [1.807, 2.05) is 0 Å². The molecule has 2 fully saturated rings. The standard InChI is InChI=1S/C15H29N3O/c1-12-6-5-7-13(2)18(12)11-10-17-15(19)14-8-3-4-9-16-14/h12-14,16H,3-11H2,1-2H3,(H,17,19). The lowest BCUT2D eigenvalue weighted by Crippen LogP contribution is -2.50. The summed E-state index contributed by atoms with van der Waals surface area (Å²) in [6.07, 6.45) is 7.29. The van der Waals surface area contributed by atoms with Crippen LogP contribution in [0.2, 0.25) is 0 Å². The molecule has 2 rings (SSSR count). The summed E-state index contributed by atoms with van der Waals surface area (Å²) in [7, 11) is 0. The zero-order valence-electron chi connectivity index (χ0n) is 12.5. The topological polar surface area (TPSA) is 44.4 Å². The number of hydrogen-bond acceptors (Lipinski definition) is 3. The molecule has 3 atom stereocenters. The van der Waals surface area contributed by atoms with Crippen LogP contribution in [0.3, 0.4) is 0 Å². The number of carbonyl (C=O) groups is 1. The number of piperidine rings is 2. The number of carbonyl (C=O) groups excluding carboxylic acids is 1. The first-order chi connectivity index (χ1) is 9.18. The van der Waals surface area contributed by atoms with Crippen LogP contribution in [0.1, 0.15) is 52.4 Å². The van der Waals surface area contributed by atoms with Crippen LogP contribution in [0.5, 0.6) is 0 Å². The molecule has 2 aliphatic heterocycles. The highest BCUT2D eigenvalue weighted by Crippen LogP contribution is 2.21. The lowest BCUT2D eigenvalue weighted by atomic mass is 9.97. The molecule has 0 spiro atoms. The van der Waals surface area contributed by atoms with Crippen LogP contribution in [0.4, 0.5) is 0 Å². The van der Waals surface area contributed by atoms with Gasteiger partial charge in [0.1, 0.15) is 0 Å². The fraction of sp³-hybridized carbons (Fsp3) is 0.933. The van der Waals surface area contributed by atoms with Crippen molar-refractivity contribution in [1.82, 2.24) is 15.5 Å². The van der Waals surface area contributed by atoms with E-state index in [-0.39, 0.29) is 11.9 Å². The molecule has 2 aliphatic rings. The summed E-state index contributed by atoms with van der Waals surface area (Å²) in [6.45, 7) is 7.37. The van der Waals surface area contributed by atoms with E-state index in [4.69, 9.17) is 0 Å². The zero-order chi connectivity index (χ0) is 13.7. The summed E-state index contributed by atoms with van der Waals surface area (Å²) in [5.41, 5.74) is 0. The highest BCUT2D eigenvalue weighted by atomic mass is 16.2. The highest BCUT2D eigenvalue weighted by Gasteiger charge is 2.25. The molecule has 0 saturated carbocycles. The first-order valence-electron chi connectivity index (χ1n) is 7.95. The van der Waals surface area contributed by atoms with Crippen molar-refractivity contribution in [1.29, 1.82) is 0 Å². The molecule has 3 unspecified atom stereocenters. The Hall–Kier alpha value is -0.610. The van der Waals surface area contributed by atoms with Gasteiger partial charge in [0.05, 0.1) is 6.04 Å². The quantitative estimate of drug-likeness (QED) is 0.811. The molecule has 2 heterocycles. The summed E-state index contributed by atoms with van der Waals surface area (Å²) in [5.74, 6) is 0.192. The van der Waals surface area contributed by atoms with Crippen LogP contribution in [0.25, 0.3) is 0 Å². The third kappa shape index (κ3) is 4.18. The van der Waals surface area contributed by atoms with Gasteiger partial charge in [-0.1, -0.05) is 12.8 Å². The molecule has 19 heavy (non-hydrogen) atoms. The van der Waals surface area contributed by atoms with Crippen molar-refractivity contribution < 1.29 is 4.79 Å². The van der Waals surface area contributed by atoms with E-state index in [2.05, 4.69) is 29.4 Å². The average molecular weight is 267 g/mol. The molecule has 2 N–H and O–H groups in total. The largest absolute Gasteiger partial charge is 0.353 e. The summed E-state index contributed by atoms with van der Waals surface area (Å²) in [6, 6.07) is 1.37. The second-order valence-electron chi connectivity index (χ2n) is 6.16. The fourth-order valence-corrected chi connectivity index (χ4v) is 3.42. The molecule has 0 aromatic carbocycles. The van der Waals surface area contributed by atoms with E-state index in [1.165, 1.54) is 32.1 Å². The van der Waals surface area contributed by atoms with Crippen LogP contribution in [-0.4, -0.2) is 48.6 Å². The third-order valence-corrected chi connectivity index (χ3v) is 4.67. The van der Waals surface area contributed by atoms with Gasteiger partial charge in [0.15, 0.2) is 0 Å². The number of rotatable bonds is 4. The van der Waals surface area contributed by atoms with E-state index >= 15 is 0 Å². The second kappa shape index (κ2) is 7.25. The van der Waals surface area contributed by atoms with Crippen LogP contribution in [0, 0.1) is 0 Å². The Labute approximate surface area is 117 Å². The van der Waals surface area contributed by atoms with Crippen molar-refractivity contribution in [2.45, 2.75) is 70.5 Å². The Morgan fingerprint density at radius 3 is 2.53 bits per heavy atom. The Morgan fingerprint density at radius 2 is 1.89 bits per heavy atom. The Balaban J connectivity index is 1.68. The van der Waals surface area contributed by atoms with Gasteiger partial charge in [0, 0.05) is 25.2 Å². The second-order valence-corrected chi connectivity index (χ2v) is 6.16. The maximum atomic E-state index is 12.0. The van der Waals surface area contributed by atoms with E-state index < -0.39 is 0 Å². The maximum absolute atomic E-state index is 12.0. The zero-order valence-corrected chi connectivity index (χ0v) is 12.5. The van der Waals surface area contributed by atoms with Gasteiger partial charge in [0.2, 0.25) is 5.91 Å². The predicted octanol–water partition coefficient (Wildman–Crippen LogP) is 1.51. The minimum absolute atomic E-state index is 0.0463. The summed E-state index contributed by atoms with van der Waals surface area (Å²) in [4.78, 5) is 14.6. The molecule has 4 heteroatoms. The van der Waals surface area contributed by atoms with Crippen LogP contribution in [-0.2, 0) is 4.79 Å². The van der Waals surface area contributed by atoms with Gasteiger partial charge in [-0.25, -0.2) is 0 Å². The van der Waals surface area contributed by atoms with Gasteiger partial charge in [-0.2, -0.15) is 0 Å². The molecule has 4 nitrogen and oxygen atoms in total. The van der Waals surface area contributed by atoms with Crippen LogP contribution < -0.4 is 10.6 Å². The highest BCUT2D eigenvalue weighted by molar-refractivity contribution is 5.81. The maximum Gasteiger partial charge on any atom is 0.237 e. The number of likely N-dealkylation sites (tertiary alicyclic amines) is 1. The van der Waals surface area contributed by atoms with Crippen LogP contribution >= 0.6 is 0 Å². The van der Waals surface area contributed by atoms with Crippen molar-refractivity contribution in [2.24, 2.45) is 0 Å². The molecule has 0 aromatic rings. The molecule has 0 aliphatic carbocycles. The molecule has 1 amide bonds. The summed E-state index contributed by atoms with van der Waals surface area (Å²) < 4.78 is 0. The van der Waals surface area contributed by atoms with Crippen molar-refractivity contribution in [3.63, 3.8) is 0 Å². The number of amides is 1. The van der Waals surface area contributed by atoms with Gasteiger partial charge in [-0.05, 0) is 46.1 Å². The molecule has 2 saturated heterocycles. The van der Waals surface area contributed by atoms with Crippen molar-refractivity contribution >= 4 is 5.91 Å². The van der Waals surface area contributed by atoms with Crippen LogP contribution in [0.15, 0.2) is 0 Å². The van der Waals surface area contributed by atoms with E-state index in [0.717, 1.165) is 26.1 Å². The molecule has 0 bridgehead atoms. The normalized spacial score (nSPS) is 33.1. The Kier molecular flexibility index (Phi) is 5.64. The lowest BCUT2D eigenvalue weighted by Gasteiger charge is -2.39. The molecule has 0 radical (unpaired) electrons. The Morgan fingerprint density at radius 1 is 1.16 bits per heavy atom.